The number of para-hydroxylation sites is 2. The second kappa shape index (κ2) is 4.65. The predicted molar refractivity (Wildman–Crippen MR) is 60.6 cm³/mol. The van der Waals surface area contributed by atoms with Gasteiger partial charge in [0.25, 0.3) is 0 Å². The van der Waals surface area contributed by atoms with Gasteiger partial charge in [-0.05, 0) is 6.07 Å². The van der Waals surface area contributed by atoms with Gasteiger partial charge in [0.2, 0.25) is 0 Å². The number of aromatic nitrogens is 2. The van der Waals surface area contributed by atoms with Gasteiger partial charge in [0.15, 0.2) is 5.75 Å². The van der Waals surface area contributed by atoms with E-state index in [-0.39, 0.29) is 18.0 Å². The monoisotopic (exact) mass is 233 g/mol. The Labute approximate surface area is 97.6 Å². The maximum absolute atomic E-state index is 10.7. The van der Waals surface area contributed by atoms with Gasteiger partial charge >= 0.3 is 5.69 Å². The van der Waals surface area contributed by atoms with Crippen molar-refractivity contribution < 1.29 is 9.66 Å². The van der Waals surface area contributed by atoms with Gasteiger partial charge in [0.1, 0.15) is 6.61 Å². The van der Waals surface area contributed by atoms with E-state index in [0.717, 1.165) is 5.56 Å². The molecular weight excluding hydrogens is 222 g/mol. The molecule has 0 amide bonds. The first-order valence-corrected chi connectivity index (χ1v) is 5.00. The molecule has 1 aromatic carbocycles. The Kier molecular flexibility index (Phi) is 3.04. The van der Waals surface area contributed by atoms with E-state index in [0.29, 0.717) is 0 Å². The maximum Gasteiger partial charge on any atom is 0.310 e. The molecular formula is C11H11N3O3. The fourth-order valence-corrected chi connectivity index (χ4v) is 1.44. The number of aryl methyl sites for hydroxylation is 1. The number of benzene rings is 1. The minimum atomic E-state index is -0.460. The average molecular weight is 233 g/mol. The topological polar surface area (TPSA) is 70.2 Å². The van der Waals surface area contributed by atoms with E-state index in [9.17, 15) is 10.1 Å². The summed E-state index contributed by atoms with van der Waals surface area (Å²) in [5.74, 6) is 0.265. The lowest BCUT2D eigenvalue weighted by molar-refractivity contribution is -0.385. The molecule has 0 saturated heterocycles. The third-order valence-corrected chi connectivity index (χ3v) is 2.21. The van der Waals surface area contributed by atoms with Crippen LogP contribution in [0.4, 0.5) is 5.69 Å². The molecule has 0 N–H and O–H groups in total. The van der Waals surface area contributed by atoms with Crippen LogP contribution >= 0.6 is 0 Å². The number of nitrogens with zero attached hydrogens (tertiary/aromatic N) is 3. The Morgan fingerprint density at radius 1 is 1.47 bits per heavy atom. The molecule has 0 saturated carbocycles. The second-order valence-electron chi connectivity index (χ2n) is 3.54. The van der Waals surface area contributed by atoms with E-state index in [4.69, 9.17) is 4.74 Å². The molecule has 0 bridgehead atoms. The highest BCUT2D eigenvalue weighted by molar-refractivity contribution is 5.45. The van der Waals surface area contributed by atoms with Gasteiger partial charge in [-0.25, -0.2) is 0 Å². The number of hydrogen-bond acceptors (Lipinski definition) is 4. The van der Waals surface area contributed by atoms with Gasteiger partial charge in [0, 0.05) is 24.9 Å². The van der Waals surface area contributed by atoms with Crippen molar-refractivity contribution in [1.82, 2.24) is 9.78 Å². The van der Waals surface area contributed by atoms with Crippen LogP contribution in [0.1, 0.15) is 5.56 Å². The fourth-order valence-electron chi connectivity index (χ4n) is 1.44. The molecule has 0 radical (unpaired) electrons. The minimum Gasteiger partial charge on any atom is -0.482 e. The molecule has 0 aliphatic carbocycles. The highest BCUT2D eigenvalue weighted by atomic mass is 16.6. The molecule has 1 heterocycles. The van der Waals surface area contributed by atoms with Crippen molar-refractivity contribution in [1.29, 1.82) is 0 Å². The third-order valence-electron chi connectivity index (χ3n) is 2.21. The number of hydrogen-bond donors (Lipinski definition) is 0. The maximum atomic E-state index is 10.7. The lowest BCUT2D eigenvalue weighted by atomic mass is 10.3. The van der Waals surface area contributed by atoms with E-state index in [1.54, 1.807) is 42.3 Å². The summed E-state index contributed by atoms with van der Waals surface area (Å²) >= 11 is 0. The molecule has 17 heavy (non-hydrogen) atoms. The summed E-state index contributed by atoms with van der Waals surface area (Å²) in [7, 11) is 1.80. The average Bonchev–Trinajstić information content (AvgIpc) is 2.73. The molecule has 2 aromatic rings. The summed E-state index contributed by atoms with van der Waals surface area (Å²) in [6.45, 7) is 0.263. The van der Waals surface area contributed by atoms with Crippen molar-refractivity contribution in [2.75, 3.05) is 0 Å². The van der Waals surface area contributed by atoms with Crippen molar-refractivity contribution in [3.63, 3.8) is 0 Å². The number of nitro benzene ring substituents is 1. The van der Waals surface area contributed by atoms with Crippen LogP contribution in [0.25, 0.3) is 0 Å². The molecule has 0 atom stereocenters. The molecule has 6 nitrogen and oxygen atoms in total. The van der Waals surface area contributed by atoms with Crippen LogP contribution in [-0.2, 0) is 13.7 Å². The lowest BCUT2D eigenvalue weighted by Crippen LogP contribution is -1.98. The van der Waals surface area contributed by atoms with Crippen LogP contribution in [0.5, 0.6) is 5.75 Å². The highest BCUT2D eigenvalue weighted by Crippen LogP contribution is 2.26. The second-order valence-corrected chi connectivity index (χ2v) is 3.54. The van der Waals surface area contributed by atoms with Gasteiger partial charge in [-0.1, -0.05) is 12.1 Å². The van der Waals surface area contributed by atoms with Gasteiger partial charge in [-0.15, -0.1) is 0 Å². The molecule has 2 rings (SSSR count). The predicted octanol–water partition coefficient (Wildman–Crippen LogP) is 1.91. The Hall–Kier alpha value is -2.37. The van der Waals surface area contributed by atoms with Crippen LogP contribution < -0.4 is 4.74 Å². The van der Waals surface area contributed by atoms with E-state index >= 15 is 0 Å². The van der Waals surface area contributed by atoms with Gasteiger partial charge < -0.3 is 4.74 Å². The fraction of sp³-hybridized carbons (Fsp3) is 0.182. The zero-order chi connectivity index (χ0) is 12.3. The van der Waals surface area contributed by atoms with Crippen LogP contribution in [-0.4, -0.2) is 14.7 Å². The van der Waals surface area contributed by atoms with Crippen molar-refractivity contribution >= 4 is 5.69 Å². The van der Waals surface area contributed by atoms with Crippen molar-refractivity contribution in [3.8, 4) is 5.75 Å². The van der Waals surface area contributed by atoms with Crippen LogP contribution in [0.2, 0.25) is 0 Å². The van der Waals surface area contributed by atoms with E-state index < -0.39 is 4.92 Å². The normalized spacial score (nSPS) is 10.2. The number of ether oxygens (including phenoxy) is 1. The molecule has 0 aliphatic rings. The number of rotatable bonds is 4. The largest absolute Gasteiger partial charge is 0.482 e. The molecule has 6 heteroatoms. The first-order chi connectivity index (χ1) is 8.16. The Bertz CT molecular complexity index is 536. The highest BCUT2D eigenvalue weighted by Gasteiger charge is 2.13. The minimum absolute atomic E-state index is 0.0311. The van der Waals surface area contributed by atoms with Crippen LogP contribution in [0.3, 0.4) is 0 Å². The van der Waals surface area contributed by atoms with E-state index in [1.165, 1.54) is 6.07 Å². The summed E-state index contributed by atoms with van der Waals surface area (Å²) in [4.78, 5) is 10.3. The summed E-state index contributed by atoms with van der Waals surface area (Å²) < 4.78 is 7.05. The van der Waals surface area contributed by atoms with Gasteiger partial charge in [-0.2, -0.15) is 5.10 Å². The van der Waals surface area contributed by atoms with E-state index in [2.05, 4.69) is 5.10 Å². The molecule has 0 unspecified atom stereocenters. The van der Waals surface area contributed by atoms with Crippen molar-refractivity contribution in [2.24, 2.45) is 7.05 Å². The summed E-state index contributed by atoms with van der Waals surface area (Å²) in [5, 5.41) is 14.7. The van der Waals surface area contributed by atoms with Crippen molar-refractivity contribution in [3.05, 3.63) is 52.3 Å². The summed E-state index contributed by atoms with van der Waals surface area (Å²) in [6.07, 6.45) is 3.46. The third kappa shape index (κ3) is 2.60. The Morgan fingerprint density at radius 3 is 2.88 bits per heavy atom. The quantitative estimate of drug-likeness (QED) is 0.597. The smallest absolute Gasteiger partial charge is 0.310 e. The first-order valence-electron chi connectivity index (χ1n) is 5.00. The summed E-state index contributed by atoms with van der Waals surface area (Å²) in [6, 6.07) is 6.30. The molecule has 0 aliphatic heterocycles. The van der Waals surface area contributed by atoms with Crippen LogP contribution in [0.15, 0.2) is 36.7 Å². The first kappa shape index (κ1) is 11.1. The lowest BCUT2D eigenvalue weighted by Gasteiger charge is -2.04. The Balaban J connectivity index is 2.11. The van der Waals surface area contributed by atoms with E-state index in [1.807, 2.05) is 0 Å². The molecule has 88 valence electrons. The van der Waals surface area contributed by atoms with Gasteiger partial charge in [-0.3, -0.25) is 14.8 Å². The van der Waals surface area contributed by atoms with Crippen molar-refractivity contribution in [2.45, 2.75) is 6.61 Å². The standard InChI is InChI=1S/C11H11N3O3/c1-13-7-9(6-12-13)8-17-11-5-3-2-4-10(11)14(15)16/h2-7H,8H2,1H3. The molecule has 0 spiro atoms. The van der Waals surface area contributed by atoms with Gasteiger partial charge in [0.05, 0.1) is 11.1 Å². The molecule has 1 aromatic heterocycles. The zero-order valence-electron chi connectivity index (χ0n) is 9.24. The zero-order valence-corrected chi connectivity index (χ0v) is 9.24. The Morgan fingerprint density at radius 2 is 2.24 bits per heavy atom. The number of nitro groups is 1. The SMILES string of the molecule is Cn1cc(COc2ccccc2[N+](=O)[O-])cn1. The summed E-state index contributed by atoms with van der Waals surface area (Å²) in [5.41, 5.74) is 0.835. The molecule has 0 fully saturated rings. The van der Waals surface area contributed by atoms with Crippen LogP contribution in [0, 0.1) is 10.1 Å².